The minimum atomic E-state index is -0.142. The first-order chi connectivity index (χ1) is 10.3. The largest absolute Gasteiger partial charge is 0.453 e. The summed E-state index contributed by atoms with van der Waals surface area (Å²) in [5.41, 5.74) is 6.64. The molecular weight excluding hydrogens is 266 g/mol. The molecule has 0 atom stereocenters. The molecule has 0 aliphatic heterocycles. The Hall–Kier alpha value is -2.14. The molecule has 1 fully saturated rings. The SMILES string of the molecule is NCC1(c2nc(-c3cc4ccccc4o3)no2)CCCC1. The van der Waals surface area contributed by atoms with Crippen molar-refractivity contribution in [3.8, 4) is 11.6 Å². The van der Waals surface area contributed by atoms with Gasteiger partial charge in [0.05, 0.1) is 5.41 Å². The molecule has 2 heterocycles. The van der Waals surface area contributed by atoms with E-state index in [1.54, 1.807) is 0 Å². The Kier molecular flexibility index (Phi) is 2.82. The summed E-state index contributed by atoms with van der Waals surface area (Å²) in [7, 11) is 0. The van der Waals surface area contributed by atoms with E-state index in [2.05, 4.69) is 10.1 Å². The number of aromatic nitrogens is 2. The number of furan rings is 1. The molecule has 0 saturated heterocycles. The average Bonchev–Trinajstić information content (AvgIpc) is 3.24. The molecule has 1 aromatic carbocycles. The van der Waals surface area contributed by atoms with Gasteiger partial charge >= 0.3 is 0 Å². The molecule has 2 N–H and O–H groups in total. The Morgan fingerprint density at radius 1 is 1.19 bits per heavy atom. The van der Waals surface area contributed by atoms with Crippen molar-refractivity contribution < 1.29 is 8.94 Å². The van der Waals surface area contributed by atoms with Crippen LogP contribution in [0.15, 0.2) is 39.3 Å². The summed E-state index contributed by atoms with van der Waals surface area (Å²) >= 11 is 0. The third kappa shape index (κ3) is 1.96. The minimum absolute atomic E-state index is 0.142. The summed E-state index contributed by atoms with van der Waals surface area (Å²) in [6, 6.07) is 9.79. The van der Waals surface area contributed by atoms with E-state index in [-0.39, 0.29) is 5.41 Å². The lowest BCUT2D eigenvalue weighted by Gasteiger charge is -2.21. The van der Waals surface area contributed by atoms with E-state index >= 15 is 0 Å². The molecule has 21 heavy (non-hydrogen) atoms. The van der Waals surface area contributed by atoms with Crippen molar-refractivity contribution >= 4 is 11.0 Å². The fraction of sp³-hybridized carbons (Fsp3) is 0.375. The molecule has 1 aliphatic rings. The van der Waals surface area contributed by atoms with E-state index in [0.717, 1.165) is 23.8 Å². The average molecular weight is 283 g/mol. The number of benzene rings is 1. The van der Waals surface area contributed by atoms with Gasteiger partial charge in [-0.05, 0) is 25.0 Å². The van der Waals surface area contributed by atoms with E-state index in [1.807, 2.05) is 30.3 Å². The van der Waals surface area contributed by atoms with Gasteiger partial charge in [0.2, 0.25) is 11.7 Å². The van der Waals surface area contributed by atoms with Crippen LogP contribution in [0.25, 0.3) is 22.6 Å². The number of fused-ring (bicyclic) bond motifs is 1. The Labute approximate surface area is 122 Å². The molecule has 4 rings (SSSR count). The van der Waals surface area contributed by atoms with Crippen LogP contribution in [0.5, 0.6) is 0 Å². The summed E-state index contributed by atoms with van der Waals surface area (Å²) in [6.45, 7) is 0.550. The zero-order valence-corrected chi connectivity index (χ0v) is 11.7. The summed E-state index contributed by atoms with van der Waals surface area (Å²) in [5, 5.41) is 5.12. The van der Waals surface area contributed by atoms with Crippen molar-refractivity contribution in [2.24, 2.45) is 5.73 Å². The Bertz CT molecular complexity index is 736. The lowest BCUT2D eigenvalue weighted by molar-refractivity contribution is 0.284. The highest BCUT2D eigenvalue weighted by molar-refractivity contribution is 5.81. The molecule has 0 bridgehead atoms. The third-order valence-electron chi connectivity index (χ3n) is 4.48. The summed E-state index contributed by atoms with van der Waals surface area (Å²) in [6.07, 6.45) is 4.37. The monoisotopic (exact) mass is 283 g/mol. The second-order valence-corrected chi connectivity index (χ2v) is 5.76. The molecule has 3 aromatic rings. The van der Waals surface area contributed by atoms with Crippen LogP contribution in [-0.4, -0.2) is 16.7 Å². The molecule has 5 heteroatoms. The highest BCUT2D eigenvalue weighted by Crippen LogP contribution is 2.40. The third-order valence-corrected chi connectivity index (χ3v) is 4.48. The minimum Gasteiger partial charge on any atom is -0.453 e. The fourth-order valence-corrected chi connectivity index (χ4v) is 3.19. The van der Waals surface area contributed by atoms with Crippen LogP contribution in [0.2, 0.25) is 0 Å². The number of nitrogens with two attached hydrogens (primary N) is 1. The Morgan fingerprint density at radius 2 is 2.00 bits per heavy atom. The van der Waals surface area contributed by atoms with Gasteiger partial charge in [-0.2, -0.15) is 4.98 Å². The van der Waals surface area contributed by atoms with Crippen LogP contribution in [-0.2, 0) is 5.41 Å². The predicted octanol–water partition coefficient (Wildman–Crippen LogP) is 3.25. The topological polar surface area (TPSA) is 78.1 Å². The number of para-hydroxylation sites is 1. The van der Waals surface area contributed by atoms with Crippen molar-refractivity contribution in [3.63, 3.8) is 0 Å². The zero-order chi connectivity index (χ0) is 14.3. The highest BCUT2D eigenvalue weighted by Gasteiger charge is 2.39. The molecule has 0 spiro atoms. The number of hydrogen-bond donors (Lipinski definition) is 1. The number of rotatable bonds is 3. The van der Waals surface area contributed by atoms with Crippen LogP contribution in [0, 0.1) is 0 Å². The first-order valence-electron chi connectivity index (χ1n) is 7.34. The Balaban J connectivity index is 1.73. The van der Waals surface area contributed by atoms with Gasteiger partial charge in [0.15, 0.2) is 5.76 Å². The standard InChI is InChI=1S/C16H17N3O2/c17-10-16(7-3-4-8-16)15-18-14(19-21-15)13-9-11-5-1-2-6-12(11)20-13/h1-2,5-6,9H,3-4,7-8,10,17H2. The van der Waals surface area contributed by atoms with Crippen LogP contribution in [0.4, 0.5) is 0 Å². The molecular formula is C16H17N3O2. The van der Waals surface area contributed by atoms with Gasteiger partial charge in [-0.15, -0.1) is 0 Å². The first-order valence-corrected chi connectivity index (χ1v) is 7.34. The molecule has 0 amide bonds. The normalized spacial score (nSPS) is 17.6. The van der Waals surface area contributed by atoms with Gasteiger partial charge < -0.3 is 14.7 Å². The van der Waals surface area contributed by atoms with E-state index < -0.39 is 0 Å². The maximum absolute atomic E-state index is 5.96. The molecule has 0 radical (unpaired) electrons. The predicted molar refractivity (Wildman–Crippen MR) is 78.7 cm³/mol. The number of hydrogen-bond acceptors (Lipinski definition) is 5. The van der Waals surface area contributed by atoms with E-state index in [4.69, 9.17) is 14.7 Å². The van der Waals surface area contributed by atoms with E-state index in [1.165, 1.54) is 12.8 Å². The molecule has 2 aromatic heterocycles. The quantitative estimate of drug-likeness (QED) is 0.798. The van der Waals surface area contributed by atoms with Gasteiger partial charge in [0, 0.05) is 11.9 Å². The fourth-order valence-electron chi connectivity index (χ4n) is 3.19. The smallest absolute Gasteiger partial charge is 0.238 e. The van der Waals surface area contributed by atoms with Crippen molar-refractivity contribution in [2.45, 2.75) is 31.1 Å². The van der Waals surface area contributed by atoms with Crippen LogP contribution < -0.4 is 5.73 Å². The maximum atomic E-state index is 5.96. The van der Waals surface area contributed by atoms with Gasteiger partial charge in [-0.3, -0.25) is 0 Å². The second kappa shape index (κ2) is 4.70. The van der Waals surface area contributed by atoms with E-state index in [0.29, 0.717) is 24.0 Å². The molecule has 108 valence electrons. The van der Waals surface area contributed by atoms with Crippen molar-refractivity contribution in [3.05, 3.63) is 36.2 Å². The van der Waals surface area contributed by atoms with Gasteiger partial charge in [0.25, 0.3) is 0 Å². The van der Waals surface area contributed by atoms with E-state index in [9.17, 15) is 0 Å². The van der Waals surface area contributed by atoms with Gasteiger partial charge in [0.1, 0.15) is 5.58 Å². The van der Waals surface area contributed by atoms with Crippen LogP contribution in [0.1, 0.15) is 31.6 Å². The molecule has 0 unspecified atom stereocenters. The Morgan fingerprint density at radius 3 is 2.76 bits per heavy atom. The van der Waals surface area contributed by atoms with Gasteiger partial charge in [-0.25, -0.2) is 0 Å². The first kappa shape index (κ1) is 12.6. The summed E-state index contributed by atoms with van der Waals surface area (Å²) < 4.78 is 11.3. The van der Waals surface area contributed by atoms with Crippen LogP contribution >= 0.6 is 0 Å². The lowest BCUT2D eigenvalue weighted by atomic mass is 9.86. The zero-order valence-electron chi connectivity index (χ0n) is 11.7. The highest BCUT2D eigenvalue weighted by atomic mass is 16.5. The number of nitrogens with zero attached hydrogens (tertiary/aromatic N) is 2. The van der Waals surface area contributed by atoms with Crippen LogP contribution in [0.3, 0.4) is 0 Å². The summed E-state index contributed by atoms with van der Waals surface area (Å²) in [4.78, 5) is 4.55. The molecule has 1 aliphatic carbocycles. The second-order valence-electron chi connectivity index (χ2n) is 5.76. The molecule has 1 saturated carbocycles. The van der Waals surface area contributed by atoms with Crippen molar-refractivity contribution in [1.29, 1.82) is 0 Å². The van der Waals surface area contributed by atoms with Crippen molar-refractivity contribution in [1.82, 2.24) is 10.1 Å². The summed E-state index contributed by atoms with van der Waals surface area (Å²) in [5.74, 6) is 1.79. The lowest BCUT2D eigenvalue weighted by Crippen LogP contribution is -2.32. The van der Waals surface area contributed by atoms with Crippen molar-refractivity contribution in [2.75, 3.05) is 6.54 Å². The maximum Gasteiger partial charge on any atom is 0.238 e. The van der Waals surface area contributed by atoms with Gasteiger partial charge in [-0.1, -0.05) is 36.2 Å². The molecule has 5 nitrogen and oxygen atoms in total.